The van der Waals surface area contributed by atoms with Crippen molar-refractivity contribution in [3.63, 3.8) is 0 Å². The summed E-state index contributed by atoms with van der Waals surface area (Å²) in [5, 5.41) is 7.21. The van der Waals surface area contributed by atoms with Gasteiger partial charge in [-0.15, -0.1) is 0 Å². The Hall–Kier alpha value is -2.19. The minimum Gasteiger partial charge on any atom is -0.310 e. The number of hydrogen-bond acceptors (Lipinski definition) is 4. The van der Waals surface area contributed by atoms with Crippen molar-refractivity contribution in [2.24, 2.45) is 7.05 Å². The molecule has 0 unspecified atom stereocenters. The molecular formula is C20H30N4O3S. The third-order valence-electron chi connectivity index (χ3n) is 4.29. The summed E-state index contributed by atoms with van der Waals surface area (Å²) >= 11 is 0. The van der Waals surface area contributed by atoms with E-state index >= 15 is 0 Å². The zero-order chi connectivity index (χ0) is 20.9. The predicted octanol–water partition coefficient (Wildman–Crippen LogP) is 2.90. The number of benzene rings is 1. The lowest BCUT2D eigenvalue weighted by Crippen LogP contribution is -2.39. The SMILES string of the molecule is CCCN(CC(=O)Nc1cc(C(C)(C)C)nn1C)S(=O)(=O)Cc1ccccc1. The van der Waals surface area contributed by atoms with Crippen molar-refractivity contribution in [3.05, 3.63) is 47.7 Å². The van der Waals surface area contributed by atoms with Crippen LogP contribution in [0.1, 0.15) is 45.4 Å². The van der Waals surface area contributed by atoms with Gasteiger partial charge in [0, 0.05) is 25.1 Å². The number of nitrogens with one attached hydrogen (secondary N) is 1. The average molecular weight is 407 g/mol. The molecule has 0 fully saturated rings. The number of sulfonamides is 1. The van der Waals surface area contributed by atoms with E-state index in [-0.39, 0.29) is 23.6 Å². The average Bonchev–Trinajstić information content (AvgIpc) is 2.96. The highest BCUT2D eigenvalue weighted by atomic mass is 32.2. The molecule has 8 heteroatoms. The summed E-state index contributed by atoms with van der Waals surface area (Å²) in [6.45, 7) is 8.08. The lowest BCUT2D eigenvalue weighted by molar-refractivity contribution is -0.116. The lowest BCUT2D eigenvalue weighted by atomic mass is 9.92. The highest BCUT2D eigenvalue weighted by Crippen LogP contribution is 2.23. The second-order valence-electron chi connectivity index (χ2n) is 7.91. The van der Waals surface area contributed by atoms with Crippen LogP contribution in [0.25, 0.3) is 0 Å². The molecule has 0 spiro atoms. The number of aromatic nitrogens is 2. The molecule has 0 atom stereocenters. The van der Waals surface area contributed by atoms with Crippen molar-refractivity contribution in [3.8, 4) is 0 Å². The van der Waals surface area contributed by atoms with E-state index in [1.165, 1.54) is 4.31 Å². The number of amides is 1. The van der Waals surface area contributed by atoms with Gasteiger partial charge in [0.2, 0.25) is 15.9 Å². The van der Waals surface area contributed by atoms with E-state index < -0.39 is 10.0 Å². The number of rotatable bonds is 8. The summed E-state index contributed by atoms with van der Waals surface area (Å²) in [5.74, 6) is 0.0430. The van der Waals surface area contributed by atoms with Crippen molar-refractivity contribution in [2.45, 2.75) is 45.3 Å². The van der Waals surface area contributed by atoms with Gasteiger partial charge in [-0.25, -0.2) is 8.42 Å². The normalized spacial score (nSPS) is 12.4. The van der Waals surface area contributed by atoms with Crippen molar-refractivity contribution in [1.82, 2.24) is 14.1 Å². The summed E-state index contributed by atoms with van der Waals surface area (Å²) in [7, 11) is -1.85. The first-order chi connectivity index (χ1) is 13.0. The molecule has 0 saturated carbocycles. The molecule has 1 aromatic heterocycles. The predicted molar refractivity (Wildman–Crippen MR) is 111 cm³/mol. The number of nitrogens with zero attached hydrogens (tertiary/aromatic N) is 3. The molecule has 1 heterocycles. The zero-order valence-corrected chi connectivity index (χ0v) is 18.1. The molecule has 28 heavy (non-hydrogen) atoms. The molecule has 0 bridgehead atoms. The molecule has 0 aliphatic rings. The molecule has 0 aliphatic heterocycles. The fourth-order valence-corrected chi connectivity index (χ4v) is 4.31. The molecule has 0 aliphatic carbocycles. The van der Waals surface area contributed by atoms with Gasteiger partial charge in [-0.3, -0.25) is 9.48 Å². The molecule has 1 aromatic carbocycles. The van der Waals surface area contributed by atoms with Crippen LogP contribution in [-0.4, -0.2) is 41.5 Å². The first-order valence-corrected chi connectivity index (χ1v) is 11.0. The first kappa shape index (κ1) is 22.1. The highest BCUT2D eigenvalue weighted by Gasteiger charge is 2.25. The maximum atomic E-state index is 12.8. The van der Waals surface area contributed by atoms with E-state index in [0.29, 0.717) is 24.3 Å². The van der Waals surface area contributed by atoms with Gasteiger partial charge in [-0.2, -0.15) is 9.40 Å². The molecule has 154 valence electrons. The summed E-state index contributed by atoms with van der Waals surface area (Å²) in [6, 6.07) is 10.8. The van der Waals surface area contributed by atoms with Gasteiger partial charge in [0.1, 0.15) is 5.82 Å². The van der Waals surface area contributed by atoms with Gasteiger partial charge >= 0.3 is 0 Å². The molecule has 0 radical (unpaired) electrons. The van der Waals surface area contributed by atoms with E-state index in [0.717, 1.165) is 5.69 Å². The fourth-order valence-electron chi connectivity index (χ4n) is 2.74. The Morgan fingerprint density at radius 2 is 1.86 bits per heavy atom. The largest absolute Gasteiger partial charge is 0.310 e. The Balaban J connectivity index is 2.11. The van der Waals surface area contributed by atoms with E-state index in [1.807, 2.05) is 39.8 Å². The first-order valence-electron chi connectivity index (χ1n) is 9.39. The maximum Gasteiger partial charge on any atom is 0.240 e. The van der Waals surface area contributed by atoms with Crippen LogP contribution in [-0.2, 0) is 33.0 Å². The number of carbonyl (C=O) groups excluding carboxylic acids is 1. The van der Waals surface area contributed by atoms with Gasteiger partial charge in [0.25, 0.3) is 0 Å². The monoisotopic (exact) mass is 406 g/mol. The Labute approximate surface area is 167 Å². The van der Waals surface area contributed by atoms with Gasteiger partial charge < -0.3 is 5.32 Å². The van der Waals surface area contributed by atoms with Gasteiger partial charge in [-0.05, 0) is 12.0 Å². The van der Waals surface area contributed by atoms with Crippen LogP contribution < -0.4 is 5.32 Å². The van der Waals surface area contributed by atoms with Crippen molar-refractivity contribution in [1.29, 1.82) is 0 Å². The molecule has 1 N–H and O–H groups in total. The van der Waals surface area contributed by atoms with Gasteiger partial charge in [-0.1, -0.05) is 58.0 Å². The van der Waals surface area contributed by atoms with E-state index in [4.69, 9.17) is 0 Å². The van der Waals surface area contributed by atoms with Gasteiger partial charge in [0.05, 0.1) is 18.0 Å². The smallest absolute Gasteiger partial charge is 0.240 e. The van der Waals surface area contributed by atoms with Crippen molar-refractivity contribution < 1.29 is 13.2 Å². The Bertz CT molecular complexity index is 899. The Kier molecular flexibility index (Phi) is 7.01. The highest BCUT2D eigenvalue weighted by molar-refractivity contribution is 7.88. The maximum absolute atomic E-state index is 12.8. The summed E-state index contributed by atoms with van der Waals surface area (Å²) in [6.07, 6.45) is 0.626. The quantitative estimate of drug-likeness (QED) is 0.730. The van der Waals surface area contributed by atoms with Crippen LogP contribution in [0.4, 0.5) is 5.82 Å². The van der Waals surface area contributed by atoms with E-state index in [9.17, 15) is 13.2 Å². The third kappa shape index (κ3) is 5.90. The van der Waals surface area contributed by atoms with Crippen LogP contribution in [0, 0.1) is 0 Å². The van der Waals surface area contributed by atoms with Gasteiger partial charge in [0.15, 0.2) is 0 Å². The van der Waals surface area contributed by atoms with Crippen LogP contribution in [0.3, 0.4) is 0 Å². The second kappa shape index (κ2) is 8.87. The summed E-state index contributed by atoms with van der Waals surface area (Å²) in [5.41, 5.74) is 1.41. The third-order valence-corrected chi connectivity index (χ3v) is 6.09. The summed E-state index contributed by atoms with van der Waals surface area (Å²) < 4.78 is 28.5. The molecule has 2 aromatic rings. The topological polar surface area (TPSA) is 84.3 Å². The van der Waals surface area contributed by atoms with Crippen LogP contribution >= 0.6 is 0 Å². The number of hydrogen-bond donors (Lipinski definition) is 1. The lowest BCUT2D eigenvalue weighted by Gasteiger charge is -2.21. The standard InChI is InChI=1S/C20H30N4O3S/c1-6-12-24(28(26,27)15-16-10-8-7-9-11-16)14-19(25)21-18-13-17(20(2,3)4)22-23(18)5/h7-11,13H,6,12,14-15H2,1-5H3,(H,21,25). The molecule has 0 saturated heterocycles. The molecular weight excluding hydrogens is 376 g/mol. The van der Waals surface area contributed by atoms with Crippen molar-refractivity contribution >= 4 is 21.7 Å². The van der Waals surface area contributed by atoms with E-state index in [2.05, 4.69) is 10.4 Å². The number of aryl methyl sites for hydroxylation is 1. The van der Waals surface area contributed by atoms with Crippen LogP contribution in [0.15, 0.2) is 36.4 Å². The zero-order valence-electron chi connectivity index (χ0n) is 17.3. The van der Waals surface area contributed by atoms with Crippen molar-refractivity contribution in [2.75, 3.05) is 18.4 Å². The van der Waals surface area contributed by atoms with Crippen LogP contribution in [0.5, 0.6) is 0 Å². The van der Waals surface area contributed by atoms with Crippen LogP contribution in [0.2, 0.25) is 0 Å². The molecule has 1 amide bonds. The molecule has 2 rings (SSSR count). The number of carbonyl (C=O) groups is 1. The Morgan fingerprint density at radius 1 is 1.21 bits per heavy atom. The molecule has 7 nitrogen and oxygen atoms in total. The summed E-state index contributed by atoms with van der Waals surface area (Å²) in [4.78, 5) is 12.5. The fraction of sp³-hybridized carbons (Fsp3) is 0.500. The minimum absolute atomic E-state index is 0.124. The minimum atomic E-state index is -3.60. The number of anilines is 1. The second-order valence-corrected chi connectivity index (χ2v) is 9.88. The Morgan fingerprint density at radius 3 is 2.39 bits per heavy atom. The van der Waals surface area contributed by atoms with E-state index in [1.54, 1.807) is 36.0 Å².